The van der Waals surface area contributed by atoms with E-state index in [4.69, 9.17) is 5.26 Å². The maximum atomic E-state index is 12.8. The van der Waals surface area contributed by atoms with Crippen LogP contribution in [0.2, 0.25) is 0 Å². The quantitative estimate of drug-likeness (QED) is 0.798. The molecule has 1 heterocycles. The SMILES string of the molecule is N#Cc1ccc(C2(C(=O)Nc3ccn(-c4ccccc4)n3)CC2)cc1. The van der Waals surface area contributed by atoms with Crippen molar-refractivity contribution in [3.8, 4) is 11.8 Å². The summed E-state index contributed by atoms with van der Waals surface area (Å²) in [5.41, 5.74) is 1.99. The van der Waals surface area contributed by atoms with Crippen molar-refractivity contribution in [1.29, 1.82) is 5.26 Å². The third kappa shape index (κ3) is 2.79. The molecule has 0 unspecified atom stereocenters. The van der Waals surface area contributed by atoms with Gasteiger partial charge in [0.05, 0.1) is 22.7 Å². The van der Waals surface area contributed by atoms with E-state index in [-0.39, 0.29) is 5.91 Å². The van der Waals surface area contributed by atoms with Gasteiger partial charge in [-0.25, -0.2) is 4.68 Å². The number of carbonyl (C=O) groups is 1. The third-order valence-electron chi connectivity index (χ3n) is 4.60. The van der Waals surface area contributed by atoms with E-state index >= 15 is 0 Å². The first-order chi connectivity index (χ1) is 12.2. The van der Waals surface area contributed by atoms with Crippen molar-refractivity contribution in [2.45, 2.75) is 18.3 Å². The van der Waals surface area contributed by atoms with Crippen molar-refractivity contribution < 1.29 is 4.79 Å². The van der Waals surface area contributed by atoms with Gasteiger partial charge in [0.2, 0.25) is 5.91 Å². The number of para-hydroxylation sites is 1. The molecule has 5 heteroatoms. The third-order valence-corrected chi connectivity index (χ3v) is 4.60. The fraction of sp³-hybridized carbons (Fsp3) is 0.150. The maximum Gasteiger partial charge on any atom is 0.236 e. The number of aromatic nitrogens is 2. The van der Waals surface area contributed by atoms with Crippen molar-refractivity contribution in [3.05, 3.63) is 78.0 Å². The highest BCUT2D eigenvalue weighted by Crippen LogP contribution is 2.49. The fourth-order valence-corrected chi connectivity index (χ4v) is 2.99. The van der Waals surface area contributed by atoms with Crippen molar-refractivity contribution in [2.75, 3.05) is 5.32 Å². The molecule has 5 nitrogen and oxygen atoms in total. The number of amides is 1. The van der Waals surface area contributed by atoms with Crippen LogP contribution in [0, 0.1) is 11.3 Å². The molecule has 1 saturated carbocycles. The van der Waals surface area contributed by atoms with E-state index in [0.29, 0.717) is 11.4 Å². The van der Waals surface area contributed by atoms with Crippen LogP contribution in [-0.4, -0.2) is 15.7 Å². The molecule has 4 rings (SSSR count). The number of hydrogen-bond acceptors (Lipinski definition) is 3. The van der Waals surface area contributed by atoms with Crippen LogP contribution in [0.3, 0.4) is 0 Å². The topological polar surface area (TPSA) is 70.7 Å². The van der Waals surface area contributed by atoms with Gasteiger partial charge in [-0.1, -0.05) is 30.3 Å². The normalized spacial score (nSPS) is 14.5. The summed E-state index contributed by atoms with van der Waals surface area (Å²) in [5.74, 6) is 0.490. The molecule has 1 amide bonds. The molecular formula is C20H16N4O. The van der Waals surface area contributed by atoms with Crippen molar-refractivity contribution in [2.24, 2.45) is 0 Å². The highest BCUT2D eigenvalue weighted by atomic mass is 16.2. The van der Waals surface area contributed by atoms with Gasteiger partial charge in [-0.15, -0.1) is 0 Å². The van der Waals surface area contributed by atoms with Gasteiger partial charge in [-0.05, 0) is 42.7 Å². The van der Waals surface area contributed by atoms with E-state index in [1.54, 1.807) is 22.9 Å². The molecule has 0 atom stereocenters. The Morgan fingerprint density at radius 3 is 2.44 bits per heavy atom. The first-order valence-corrected chi connectivity index (χ1v) is 8.14. The predicted molar refractivity (Wildman–Crippen MR) is 94.3 cm³/mol. The Bertz CT molecular complexity index is 947. The largest absolute Gasteiger partial charge is 0.308 e. The van der Waals surface area contributed by atoms with Gasteiger partial charge in [0, 0.05) is 12.3 Å². The second kappa shape index (κ2) is 5.91. The molecule has 0 saturated heterocycles. The molecular weight excluding hydrogens is 312 g/mol. The van der Waals surface area contributed by atoms with Crippen LogP contribution in [-0.2, 0) is 10.2 Å². The molecule has 1 N–H and O–H groups in total. The van der Waals surface area contributed by atoms with E-state index in [1.165, 1.54) is 0 Å². The molecule has 1 aromatic heterocycles. The van der Waals surface area contributed by atoms with E-state index in [9.17, 15) is 4.79 Å². The van der Waals surface area contributed by atoms with Crippen LogP contribution in [0.15, 0.2) is 66.9 Å². The smallest absolute Gasteiger partial charge is 0.236 e. The summed E-state index contributed by atoms with van der Waals surface area (Å²) in [6.07, 6.45) is 3.44. The van der Waals surface area contributed by atoms with Crippen LogP contribution in [0.25, 0.3) is 5.69 Å². The van der Waals surface area contributed by atoms with E-state index in [1.807, 2.05) is 48.7 Å². The monoisotopic (exact) mass is 328 g/mol. The molecule has 2 aromatic carbocycles. The van der Waals surface area contributed by atoms with Crippen LogP contribution in [0.4, 0.5) is 5.82 Å². The van der Waals surface area contributed by atoms with Crippen LogP contribution in [0.5, 0.6) is 0 Å². The summed E-state index contributed by atoms with van der Waals surface area (Å²) < 4.78 is 1.73. The molecule has 1 fully saturated rings. The average molecular weight is 328 g/mol. The molecule has 122 valence electrons. The van der Waals surface area contributed by atoms with Crippen molar-refractivity contribution >= 4 is 11.7 Å². The summed E-state index contributed by atoms with van der Waals surface area (Å²) in [5, 5.41) is 16.3. The lowest BCUT2D eigenvalue weighted by atomic mass is 9.94. The Hall–Kier alpha value is -3.39. The van der Waals surface area contributed by atoms with E-state index in [0.717, 1.165) is 24.1 Å². The number of nitriles is 1. The Morgan fingerprint density at radius 1 is 1.08 bits per heavy atom. The minimum atomic E-state index is -0.496. The van der Waals surface area contributed by atoms with Crippen LogP contribution >= 0.6 is 0 Å². The fourth-order valence-electron chi connectivity index (χ4n) is 2.99. The number of anilines is 1. The number of nitrogens with zero attached hydrogens (tertiary/aromatic N) is 3. The number of nitrogens with one attached hydrogen (secondary N) is 1. The molecule has 0 spiro atoms. The zero-order valence-electron chi connectivity index (χ0n) is 13.5. The zero-order valence-corrected chi connectivity index (χ0v) is 13.5. The van der Waals surface area contributed by atoms with Crippen LogP contribution in [0.1, 0.15) is 24.0 Å². The summed E-state index contributed by atoms with van der Waals surface area (Å²) in [7, 11) is 0. The first-order valence-electron chi connectivity index (χ1n) is 8.14. The Labute approximate surface area is 145 Å². The molecule has 0 aliphatic heterocycles. The van der Waals surface area contributed by atoms with Crippen molar-refractivity contribution in [1.82, 2.24) is 9.78 Å². The zero-order chi connectivity index (χ0) is 17.3. The molecule has 1 aliphatic carbocycles. The molecule has 0 radical (unpaired) electrons. The molecule has 25 heavy (non-hydrogen) atoms. The van der Waals surface area contributed by atoms with Gasteiger partial charge >= 0.3 is 0 Å². The first kappa shape index (κ1) is 15.2. The van der Waals surface area contributed by atoms with Gasteiger partial charge in [0.1, 0.15) is 0 Å². The number of carbonyl (C=O) groups excluding carboxylic acids is 1. The minimum absolute atomic E-state index is 0.0458. The highest BCUT2D eigenvalue weighted by molar-refractivity contribution is 6.00. The highest BCUT2D eigenvalue weighted by Gasteiger charge is 2.51. The maximum absolute atomic E-state index is 12.8. The standard InChI is InChI=1S/C20H16N4O/c21-14-15-6-8-16(9-7-15)20(11-12-20)19(25)22-18-10-13-24(23-18)17-4-2-1-3-5-17/h1-10,13H,11-12H2,(H,22,23,25). The Kier molecular flexibility index (Phi) is 3.58. The molecule has 3 aromatic rings. The van der Waals surface area contributed by atoms with E-state index < -0.39 is 5.41 Å². The van der Waals surface area contributed by atoms with Gasteiger partial charge in [-0.3, -0.25) is 4.79 Å². The summed E-state index contributed by atoms with van der Waals surface area (Å²) >= 11 is 0. The van der Waals surface area contributed by atoms with Crippen LogP contribution < -0.4 is 5.32 Å². The second-order valence-corrected chi connectivity index (χ2v) is 6.21. The summed E-state index contributed by atoms with van der Waals surface area (Å²) in [4.78, 5) is 12.8. The predicted octanol–water partition coefficient (Wildman–Crippen LogP) is 3.41. The lowest BCUT2D eigenvalue weighted by Crippen LogP contribution is -2.28. The lowest BCUT2D eigenvalue weighted by Gasteiger charge is -2.14. The number of hydrogen-bond donors (Lipinski definition) is 1. The van der Waals surface area contributed by atoms with Gasteiger partial charge in [-0.2, -0.15) is 10.4 Å². The summed E-state index contributed by atoms with van der Waals surface area (Å²) in [6.45, 7) is 0. The second-order valence-electron chi connectivity index (χ2n) is 6.21. The van der Waals surface area contributed by atoms with Gasteiger partial charge in [0.25, 0.3) is 0 Å². The molecule has 0 bridgehead atoms. The summed E-state index contributed by atoms with van der Waals surface area (Å²) in [6, 6.07) is 20.9. The van der Waals surface area contributed by atoms with E-state index in [2.05, 4.69) is 16.5 Å². The Balaban J connectivity index is 1.52. The minimum Gasteiger partial charge on any atom is -0.308 e. The average Bonchev–Trinajstić information content (AvgIpc) is 3.36. The number of benzene rings is 2. The Morgan fingerprint density at radius 2 is 1.80 bits per heavy atom. The van der Waals surface area contributed by atoms with Crippen molar-refractivity contribution in [3.63, 3.8) is 0 Å². The van der Waals surface area contributed by atoms with Gasteiger partial charge in [0.15, 0.2) is 5.82 Å². The lowest BCUT2D eigenvalue weighted by molar-refractivity contribution is -0.118. The van der Waals surface area contributed by atoms with Gasteiger partial charge < -0.3 is 5.32 Å². The molecule has 1 aliphatic rings. The number of rotatable bonds is 4.